The van der Waals surface area contributed by atoms with Gasteiger partial charge in [-0.3, -0.25) is 9.36 Å². The highest BCUT2D eigenvalue weighted by Crippen LogP contribution is 2.53. The summed E-state index contributed by atoms with van der Waals surface area (Å²) in [6, 6.07) is 2.80. The monoisotopic (exact) mass is 556 g/mol. The lowest BCUT2D eigenvalue weighted by Gasteiger charge is -2.20. The summed E-state index contributed by atoms with van der Waals surface area (Å²) in [6.45, 7) is 1.02. The number of nitrogens with zero attached hydrogens (tertiary/aromatic N) is 3. The minimum absolute atomic E-state index is 0.0640. The van der Waals surface area contributed by atoms with Gasteiger partial charge in [0.05, 0.1) is 12.7 Å². The van der Waals surface area contributed by atoms with Crippen LogP contribution in [0.4, 0.5) is 32.0 Å². The van der Waals surface area contributed by atoms with Gasteiger partial charge in [-0.05, 0) is 37.7 Å². The van der Waals surface area contributed by atoms with Gasteiger partial charge < -0.3 is 14.8 Å². The number of rotatable bonds is 6. The van der Waals surface area contributed by atoms with Crippen molar-refractivity contribution in [2.45, 2.75) is 51.4 Å². The third-order valence-electron chi connectivity index (χ3n) is 7.07. The molecule has 0 radical (unpaired) electrons. The van der Waals surface area contributed by atoms with Crippen molar-refractivity contribution in [1.82, 2.24) is 14.3 Å². The minimum Gasteiger partial charge on any atom is -0.497 e. The zero-order chi connectivity index (χ0) is 28.3. The Kier molecular flexibility index (Phi) is 6.38. The van der Waals surface area contributed by atoms with Gasteiger partial charge in [-0.2, -0.15) is 17.9 Å². The molecule has 1 N–H and O–H groups in total. The average Bonchev–Trinajstić information content (AvgIpc) is 3.54. The predicted molar refractivity (Wildman–Crippen MR) is 125 cm³/mol. The summed E-state index contributed by atoms with van der Waals surface area (Å²) in [5, 5.41) is 6.10. The van der Waals surface area contributed by atoms with Crippen molar-refractivity contribution in [3.8, 4) is 17.2 Å². The molecule has 1 fully saturated rings. The number of methoxy groups -OCH3 is 1. The fourth-order valence-corrected chi connectivity index (χ4v) is 4.53. The van der Waals surface area contributed by atoms with Crippen molar-refractivity contribution in [2.24, 2.45) is 5.41 Å². The Bertz CT molecular complexity index is 1500. The van der Waals surface area contributed by atoms with E-state index in [1.165, 1.54) is 4.57 Å². The number of anilines is 1. The van der Waals surface area contributed by atoms with Crippen LogP contribution in [0.3, 0.4) is 0 Å². The molecule has 39 heavy (non-hydrogen) atoms. The zero-order valence-corrected chi connectivity index (χ0v) is 20.7. The van der Waals surface area contributed by atoms with Crippen molar-refractivity contribution >= 4 is 11.6 Å². The largest absolute Gasteiger partial charge is 0.497 e. The van der Waals surface area contributed by atoms with Crippen molar-refractivity contribution in [1.29, 1.82) is 0 Å². The summed E-state index contributed by atoms with van der Waals surface area (Å²) < 4.78 is 95.8. The maximum Gasteiger partial charge on any atom is 0.425 e. The molecule has 2 heterocycles. The van der Waals surface area contributed by atoms with Gasteiger partial charge in [0.1, 0.15) is 34.5 Å². The van der Waals surface area contributed by atoms with Gasteiger partial charge in [-0.1, -0.05) is 0 Å². The van der Waals surface area contributed by atoms with Crippen LogP contribution in [0.5, 0.6) is 11.5 Å². The Hall–Kier alpha value is -3.97. The number of hydrogen-bond acceptors (Lipinski definition) is 5. The number of benzene rings is 2. The van der Waals surface area contributed by atoms with Crippen molar-refractivity contribution in [3.05, 3.63) is 63.6 Å². The first-order chi connectivity index (χ1) is 18.3. The van der Waals surface area contributed by atoms with Gasteiger partial charge in [0.25, 0.3) is 5.91 Å². The summed E-state index contributed by atoms with van der Waals surface area (Å²) in [4.78, 5) is 25.9. The summed E-state index contributed by atoms with van der Waals surface area (Å²) in [5.41, 5.74) is -2.92. The molecule has 2 aliphatic rings. The maximum atomic E-state index is 15.3. The zero-order valence-electron chi connectivity index (χ0n) is 20.7. The molecular formula is C25H22F6N4O4. The molecule has 1 aromatic heterocycles. The maximum absolute atomic E-state index is 15.3. The van der Waals surface area contributed by atoms with E-state index in [0.717, 1.165) is 44.6 Å². The number of carbonyl (C=O) groups excluding carboxylic acids is 1. The molecule has 14 heteroatoms. The standard InChI is InChI=1S/C25H22F6N4O4/c1-12(25(29,30)31)39-19-10-18(35-23(37)34-6-5-24(3-4-24)11-20(34)33-35)15(26)9-14(19)22(36)32-21-16(27)7-13(38-2)8-17(21)28/h7-10,12H,3-6,11H2,1-2H3,(H,32,36)/t12-/m0/s1. The molecule has 3 aromatic rings. The Morgan fingerprint density at radius 3 is 2.33 bits per heavy atom. The Morgan fingerprint density at radius 1 is 1.08 bits per heavy atom. The second-order valence-corrected chi connectivity index (χ2v) is 9.71. The quantitative estimate of drug-likeness (QED) is 0.443. The average molecular weight is 556 g/mol. The molecule has 8 nitrogen and oxygen atoms in total. The second kappa shape index (κ2) is 9.35. The van der Waals surface area contributed by atoms with Gasteiger partial charge in [0, 0.05) is 31.2 Å². The number of ether oxygens (including phenoxy) is 2. The van der Waals surface area contributed by atoms with E-state index in [2.05, 4.69) is 5.10 Å². The summed E-state index contributed by atoms with van der Waals surface area (Å²) in [7, 11) is 1.16. The number of hydrogen-bond donors (Lipinski definition) is 1. The van der Waals surface area contributed by atoms with Crippen LogP contribution in [0.25, 0.3) is 5.69 Å². The topological polar surface area (TPSA) is 87.4 Å². The number of fused-ring (bicyclic) bond motifs is 1. The number of alkyl halides is 3. The van der Waals surface area contributed by atoms with E-state index in [0.29, 0.717) is 36.5 Å². The van der Waals surface area contributed by atoms with Crippen LogP contribution < -0.4 is 20.5 Å². The highest BCUT2D eigenvalue weighted by Gasteiger charge is 2.46. The SMILES string of the molecule is COc1cc(F)c(NC(=O)c2cc(F)c(-n3nc4n(c3=O)CCC3(CC3)C4)cc2O[C@@H](C)C(F)(F)F)c(F)c1. The third kappa shape index (κ3) is 4.94. The lowest BCUT2D eigenvalue weighted by molar-refractivity contribution is -0.189. The number of carbonyl (C=O) groups is 1. The van der Waals surface area contributed by atoms with Gasteiger partial charge >= 0.3 is 11.9 Å². The number of halogens is 6. The molecule has 5 rings (SSSR count). The van der Waals surface area contributed by atoms with Crippen LogP contribution in [0.2, 0.25) is 0 Å². The van der Waals surface area contributed by atoms with E-state index < -0.39 is 64.0 Å². The Balaban J connectivity index is 1.56. The Labute approximate surface area is 217 Å². The highest BCUT2D eigenvalue weighted by atomic mass is 19.4. The van der Waals surface area contributed by atoms with Crippen LogP contribution in [0.15, 0.2) is 29.1 Å². The van der Waals surface area contributed by atoms with Crippen molar-refractivity contribution in [3.63, 3.8) is 0 Å². The smallest absolute Gasteiger partial charge is 0.425 e. The van der Waals surface area contributed by atoms with Gasteiger partial charge in [-0.25, -0.2) is 18.0 Å². The van der Waals surface area contributed by atoms with Crippen LogP contribution in [-0.2, 0) is 13.0 Å². The first-order valence-corrected chi connectivity index (χ1v) is 11.9. The number of amides is 1. The van der Waals surface area contributed by atoms with Gasteiger partial charge in [-0.15, -0.1) is 5.10 Å². The first-order valence-electron chi connectivity index (χ1n) is 11.9. The fourth-order valence-electron chi connectivity index (χ4n) is 4.53. The molecule has 1 amide bonds. The second-order valence-electron chi connectivity index (χ2n) is 9.71. The summed E-state index contributed by atoms with van der Waals surface area (Å²) in [5.74, 6) is -5.59. The molecule has 0 bridgehead atoms. The van der Waals surface area contributed by atoms with E-state index in [4.69, 9.17) is 9.47 Å². The third-order valence-corrected chi connectivity index (χ3v) is 7.07. The molecule has 1 spiro atoms. The lowest BCUT2D eigenvalue weighted by atomic mass is 9.95. The molecule has 1 saturated carbocycles. The van der Waals surface area contributed by atoms with E-state index in [1.807, 2.05) is 5.32 Å². The fraction of sp³-hybridized carbons (Fsp3) is 0.400. The number of nitrogens with one attached hydrogen (secondary N) is 1. The molecular weight excluding hydrogens is 534 g/mol. The van der Waals surface area contributed by atoms with Crippen LogP contribution in [0.1, 0.15) is 42.4 Å². The van der Waals surface area contributed by atoms with E-state index in [-0.39, 0.29) is 11.2 Å². The van der Waals surface area contributed by atoms with Crippen molar-refractivity contribution < 1.29 is 40.6 Å². The molecule has 2 aromatic carbocycles. The number of aromatic nitrogens is 3. The normalized spacial score (nSPS) is 16.5. The van der Waals surface area contributed by atoms with E-state index in [9.17, 15) is 31.5 Å². The molecule has 208 valence electrons. The predicted octanol–water partition coefficient (Wildman–Crippen LogP) is 4.77. The first kappa shape index (κ1) is 26.6. The van der Waals surface area contributed by atoms with Crippen LogP contribution >= 0.6 is 0 Å². The van der Waals surface area contributed by atoms with Crippen molar-refractivity contribution in [2.75, 3.05) is 12.4 Å². The molecule has 0 saturated heterocycles. The van der Waals surface area contributed by atoms with Gasteiger partial charge in [0.2, 0.25) is 0 Å². The molecule has 1 aliphatic carbocycles. The molecule has 0 unspecified atom stereocenters. The molecule has 1 aliphatic heterocycles. The summed E-state index contributed by atoms with van der Waals surface area (Å²) in [6.07, 6.45) is -4.12. The minimum atomic E-state index is -4.88. The summed E-state index contributed by atoms with van der Waals surface area (Å²) >= 11 is 0. The Morgan fingerprint density at radius 2 is 1.74 bits per heavy atom. The van der Waals surface area contributed by atoms with Gasteiger partial charge in [0.15, 0.2) is 17.7 Å². The highest BCUT2D eigenvalue weighted by molar-refractivity contribution is 6.06. The lowest BCUT2D eigenvalue weighted by Crippen LogP contribution is -2.32. The van der Waals surface area contributed by atoms with Crippen LogP contribution in [-0.4, -0.2) is 39.6 Å². The molecule has 1 atom stereocenters. The van der Waals surface area contributed by atoms with E-state index >= 15 is 4.39 Å². The van der Waals surface area contributed by atoms with Crippen LogP contribution in [0, 0.1) is 22.9 Å². The van der Waals surface area contributed by atoms with E-state index in [1.54, 1.807) is 0 Å².